The fraction of sp³-hybridized carbons (Fsp3) is 0.250. The Balaban J connectivity index is 0.000000523. The summed E-state index contributed by atoms with van der Waals surface area (Å²) >= 11 is 0. The number of hydrogen-bond donors (Lipinski definition) is 0. The number of rotatable bonds is 2. The zero-order valence-corrected chi connectivity index (χ0v) is 23.0. The van der Waals surface area contributed by atoms with E-state index in [-0.39, 0.29) is 27.7 Å². The SMILES string of the molecule is C[Si](C)c1c(F)c(F)c(F)c(F)c1F.C[Si](C)c1c(F)c(F)c(F)c(F)c1F.[Hg]. The van der Waals surface area contributed by atoms with E-state index < -0.39 is 86.1 Å². The van der Waals surface area contributed by atoms with Gasteiger partial charge in [-0.1, -0.05) is 26.2 Å². The van der Waals surface area contributed by atoms with Crippen molar-refractivity contribution < 1.29 is 71.6 Å². The first kappa shape index (κ1) is 28.1. The van der Waals surface area contributed by atoms with Crippen molar-refractivity contribution in [3.05, 3.63) is 58.2 Å². The van der Waals surface area contributed by atoms with Crippen LogP contribution in [0, 0.1) is 58.2 Å². The maximum Gasteiger partial charge on any atom is 0.200 e. The summed E-state index contributed by atoms with van der Waals surface area (Å²) in [5, 5.41) is -1.35. The Morgan fingerprint density at radius 2 is 0.483 bits per heavy atom. The van der Waals surface area contributed by atoms with E-state index in [4.69, 9.17) is 0 Å². The Hall–Kier alpha value is -0.891. The van der Waals surface area contributed by atoms with E-state index in [9.17, 15) is 43.9 Å². The molecule has 0 unspecified atom stereocenters. The van der Waals surface area contributed by atoms with E-state index in [1.165, 1.54) is 26.2 Å². The van der Waals surface area contributed by atoms with Gasteiger partial charge in [0.25, 0.3) is 0 Å². The van der Waals surface area contributed by atoms with Crippen molar-refractivity contribution >= 4 is 28.0 Å². The summed E-state index contributed by atoms with van der Waals surface area (Å²) < 4.78 is 127. The van der Waals surface area contributed by atoms with Gasteiger partial charge in [-0.25, -0.2) is 43.9 Å². The van der Waals surface area contributed by atoms with E-state index in [1.807, 2.05) is 0 Å². The van der Waals surface area contributed by atoms with Gasteiger partial charge < -0.3 is 0 Å². The summed E-state index contributed by atoms with van der Waals surface area (Å²) in [6.45, 7) is 5.79. The number of benzene rings is 2. The van der Waals surface area contributed by atoms with Gasteiger partial charge in [0.2, 0.25) is 11.6 Å². The fourth-order valence-electron chi connectivity index (χ4n) is 2.09. The molecule has 0 heterocycles. The summed E-state index contributed by atoms with van der Waals surface area (Å²) in [5.41, 5.74) is 0. The van der Waals surface area contributed by atoms with Crippen LogP contribution in [0.15, 0.2) is 0 Å². The first-order chi connectivity index (χ1) is 12.7. The molecule has 2 radical (unpaired) electrons. The van der Waals surface area contributed by atoms with Crippen LogP contribution >= 0.6 is 0 Å². The zero-order valence-electron chi connectivity index (χ0n) is 15.5. The molecule has 29 heavy (non-hydrogen) atoms. The standard InChI is InChI=1S/2C8H6F5Si.Hg/c2*1-14(2)8-6(12)4(10)3(9)5(11)7(8)13;/h2*1-2H3;. The molecule has 0 atom stereocenters. The second-order valence-electron chi connectivity index (χ2n) is 5.89. The average Bonchev–Trinajstić information content (AvgIpc) is 2.61. The zero-order chi connectivity index (χ0) is 22.1. The molecule has 156 valence electrons. The third kappa shape index (κ3) is 5.63. The third-order valence-electron chi connectivity index (χ3n) is 3.42. The maximum atomic E-state index is 13.0. The summed E-state index contributed by atoms with van der Waals surface area (Å²) in [6, 6.07) is 0. The van der Waals surface area contributed by atoms with Gasteiger partial charge in [-0.05, 0) is 0 Å². The van der Waals surface area contributed by atoms with E-state index >= 15 is 0 Å². The van der Waals surface area contributed by atoms with Gasteiger partial charge in [0.05, 0.1) is 17.6 Å². The van der Waals surface area contributed by atoms with Crippen LogP contribution in [0.3, 0.4) is 0 Å². The molecule has 0 saturated carbocycles. The van der Waals surface area contributed by atoms with E-state index in [2.05, 4.69) is 0 Å². The average molecular weight is 651 g/mol. The molecule has 0 amide bonds. The van der Waals surface area contributed by atoms with Gasteiger partial charge in [-0.2, -0.15) is 0 Å². The Morgan fingerprint density at radius 1 is 0.345 bits per heavy atom. The van der Waals surface area contributed by atoms with Crippen LogP contribution in [-0.2, 0) is 27.7 Å². The smallest absolute Gasteiger partial charge is 0.200 e. The Kier molecular flexibility index (Phi) is 10.6. The fourth-order valence-corrected chi connectivity index (χ4v) is 4.28. The molecule has 2 rings (SSSR count). The monoisotopic (exact) mass is 652 g/mol. The molecule has 0 bridgehead atoms. The topological polar surface area (TPSA) is 0 Å². The van der Waals surface area contributed by atoms with E-state index in [0.717, 1.165) is 0 Å². The Morgan fingerprint density at radius 3 is 0.621 bits per heavy atom. The molecule has 2 aromatic rings. The first-order valence-electron chi connectivity index (χ1n) is 7.39. The molecule has 0 aliphatic heterocycles. The molecule has 0 aromatic heterocycles. The normalized spacial score (nSPS) is 10.8. The molecule has 0 saturated heterocycles. The van der Waals surface area contributed by atoms with Crippen molar-refractivity contribution in [2.24, 2.45) is 0 Å². The summed E-state index contributed by atoms with van der Waals surface area (Å²) in [7, 11) is -3.46. The predicted octanol–water partition coefficient (Wildman–Crippen LogP) is 4.68. The minimum absolute atomic E-state index is 0. The van der Waals surface area contributed by atoms with Crippen LogP contribution in [0.1, 0.15) is 0 Å². The molecule has 0 fully saturated rings. The minimum Gasteiger partial charge on any atom is -0.204 e. The molecule has 13 heteroatoms. The number of hydrogen-bond acceptors (Lipinski definition) is 0. The summed E-state index contributed by atoms with van der Waals surface area (Å²) in [6.07, 6.45) is 0. The van der Waals surface area contributed by atoms with Gasteiger partial charge in [0.1, 0.15) is 0 Å². The first-order valence-corrected chi connectivity index (χ1v) is 12.4. The molecule has 0 spiro atoms. The van der Waals surface area contributed by atoms with Crippen molar-refractivity contribution in [3.63, 3.8) is 0 Å². The van der Waals surface area contributed by atoms with Crippen LogP contribution in [-0.4, -0.2) is 17.6 Å². The molecular weight excluding hydrogens is 639 g/mol. The van der Waals surface area contributed by atoms with Crippen molar-refractivity contribution in [1.29, 1.82) is 0 Å². The van der Waals surface area contributed by atoms with Crippen molar-refractivity contribution in [2.45, 2.75) is 26.2 Å². The van der Waals surface area contributed by atoms with Crippen LogP contribution in [0.2, 0.25) is 26.2 Å². The summed E-state index contributed by atoms with van der Waals surface area (Å²) in [4.78, 5) is 0. The van der Waals surface area contributed by atoms with Crippen LogP contribution in [0.5, 0.6) is 0 Å². The summed E-state index contributed by atoms with van der Waals surface area (Å²) in [5.74, 6) is -18.5. The van der Waals surface area contributed by atoms with Gasteiger partial charge in [0.15, 0.2) is 46.5 Å². The largest absolute Gasteiger partial charge is 0.204 e. The maximum absolute atomic E-state index is 13.0. The van der Waals surface area contributed by atoms with Crippen molar-refractivity contribution in [2.75, 3.05) is 0 Å². The number of halogens is 10. The van der Waals surface area contributed by atoms with Crippen molar-refractivity contribution in [1.82, 2.24) is 0 Å². The molecule has 0 aliphatic carbocycles. The van der Waals surface area contributed by atoms with Crippen molar-refractivity contribution in [3.8, 4) is 0 Å². The molecule has 2 aromatic carbocycles. The second-order valence-corrected chi connectivity index (χ2v) is 10.9. The van der Waals surface area contributed by atoms with Crippen LogP contribution in [0.4, 0.5) is 43.9 Å². The van der Waals surface area contributed by atoms with E-state index in [1.54, 1.807) is 0 Å². The molecule has 0 N–H and O–H groups in total. The Bertz CT molecular complexity index is 771. The van der Waals surface area contributed by atoms with Gasteiger partial charge in [-0.3, -0.25) is 0 Å². The van der Waals surface area contributed by atoms with Gasteiger partial charge in [-0.15, -0.1) is 0 Å². The van der Waals surface area contributed by atoms with Gasteiger partial charge >= 0.3 is 0 Å². The van der Waals surface area contributed by atoms with Gasteiger partial charge in [0, 0.05) is 38.0 Å². The van der Waals surface area contributed by atoms with Crippen LogP contribution in [0.25, 0.3) is 0 Å². The third-order valence-corrected chi connectivity index (χ3v) is 6.30. The molecule has 0 nitrogen and oxygen atoms in total. The van der Waals surface area contributed by atoms with E-state index in [0.29, 0.717) is 0 Å². The molecule has 0 aliphatic rings. The predicted molar refractivity (Wildman–Crippen MR) is 86.7 cm³/mol. The minimum atomic E-state index is -2.10. The quantitative estimate of drug-likeness (QED) is 0.192. The Labute approximate surface area is 183 Å². The second kappa shape index (κ2) is 10.9. The van der Waals surface area contributed by atoms with Crippen LogP contribution < -0.4 is 10.4 Å². The molecular formula is C16H12F10HgSi2.